The van der Waals surface area contributed by atoms with Crippen molar-refractivity contribution >= 4 is 15.7 Å². The van der Waals surface area contributed by atoms with E-state index in [4.69, 9.17) is 5.73 Å². The summed E-state index contributed by atoms with van der Waals surface area (Å²) in [5, 5.41) is 0. The van der Waals surface area contributed by atoms with Gasteiger partial charge in [0.1, 0.15) is 4.90 Å². The van der Waals surface area contributed by atoms with E-state index in [-0.39, 0.29) is 10.9 Å². The number of nitrogen functional groups attached to an aromatic ring is 1. The standard InChI is InChI=1S/C16H18N2O2S/c17-15-8-4-5-9-16(15)21(19,20)18(14-10-11-14)12-13-6-2-1-3-7-13/h1-9,14H,10-12,17H2. The van der Waals surface area contributed by atoms with Crippen molar-refractivity contribution in [3.8, 4) is 0 Å². The normalized spacial score (nSPS) is 15.3. The summed E-state index contributed by atoms with van der Waals surface area (Å²) in [7, 11) is -3.56. The topological polar surface area (TPSA) is 63.4 Å². The molecule has 1 saturated carbocycles. The molecule has 2 aromatic rings. The third kappa shape index (κ3) is 2.94. The second-order valence-electron chi connectivity index (χ2n) is 5.30. The van der Waals surface area contributed by atoms with Crippen molar-refractivity contribution in [2.75, 3.05) is 5.73 Å². The monoisotopic (exact) mass is 302 g/mol. The Labute approximate surface area is 125 Å². The zero-order valence-corrected chi connectivity index (χ0v) is 12.5. The molecule has 2 aromatic carbocycles. The maximum Gasteiger partial charge on any atom is 0.245 e. The Morgan fingerprint density at radius 1 is 1.00 bits per heavy atom. The average Bonchev–Trinajstić information content (AvgIpc) is 3.30. The number of hydrogen-bond donors (Lipinski definition) is 1. The van der Waals surface area contributed by atoms with Crippen molar-refractivity contribution in [2.24, 2.45) is 0 Å². The summed E-state index contributed by atoms with van der Waals surface area (Å²) in [5.41, 5.74) is 7.14. The van der Waals surface area contributed by atoms with Crippen LogP contribution in [-0.4, -0.2) is 18.8 Å². The predicted octanol–water partition coefficient (Wildman–Crippen LogP) is 2.62. The fraction of sp³-hybridized carbons (Fsp3) is 0.250. The van der Waals surface area contributed by atoms with Gasteiger partial charge in [-0.3, -0.25) is 0 Å². The minimum atomic E-state index is -3.56. The third-order valence-electron chi connectivity index (χ3n) is 3.64. The van der Waals surface area contributed by atoms with Gasteiger partial charge in [-0.25, -0.2) is 8.42 Å². The number of nitrogens with zero attached hydrogens (tertiary/aromatic N) is 1. The number of nitrogens with two attached hydrogens (primary N) is 1. The van der Waals surface area contributed by atoms with Crippen LogP contribution in [0.25, 0.3) is 0 Å². The number of sulfonamides is 1. The lowest BCUT2D eigenvalue weighted by Gasteiger charge is -2.22. The van der Waals surface area contributed by atoms with Gasteiger partial charge in [-0.05, 0) is 30.5 Å². The Morgan fingerprint density at radius 3 is 2.24 bits per heavy atom. The Kier molecular flexibility index (Phi) is 3.69. The summed E-state index contributed by atoms with van der Waals surface area (Å²) < 4.78 is 27.3. The van der Waals surface area contributed by atoms with Crippen molar-refractivity contribution in [2.45, 2.75) is 30.3 Å². The summed E-state index contributed by atoms with van der Waals surface area (Å²) in [6, 6.07) is 16.4. The van der Waals surface area contributed by atoms with E-state index in [1.54, 1.807) is 28.6 Å². The van der Waals surface area contributed by atoms with E-state index < -0.39 is 10.0 Å². The summed E-state index contributed by atoms with van der Waals surface area (Å²) in [4.78, 5) is 0.202. The molecule has 0 atom stereocenters. The first-order chi connectivity index (χ1) is 10.1. The number of benzene rings is 2. The highest BCUT2D eigenvalue weighted by Gasteiger charge is 2.38. The van der Waals surface area contributed by atoms with E-state index in [0.29, 0.717) is 12.2 Å². The van der Waals surface area contributed by atoms with Gasteiger partial charge in [-0.1, -0.05) is 42.5 Å². The summed E-state index contributed by atoms with van der Waals surface area (Å²) >= 11 is 0. The van der Waals surface area contributed by atoms with Crippen LogP contribution in [0, 0.1) is 0 Å². The SMILES string of the molecule is Nc1ccccc1S(=O)(=O)N(Cc1ccccc1)C1CC1. The molecule has 1 aliphatic carbocycles. The molecule has 0 bridgehead atoms. The van der Waals surface area contributed by atoms with Crippen molar-refractivity contribution in [3.63, 3.8) is 0 Å². The first kappa shape index (κ1) is 14.1. The lowest BCUT2D eigenvalue weighted by Crippen LogP contribution is -2.33. The molecular weight excluding hydrogens is 284 g/mol. The maximum atomic E-state index is 12.9. The Balaban J connectivity index is 1.96. The van der Waals surface area contributed by atoms with Crippen molar-refractivity contribution in [1.29, 1.82) is 0 Å². The first-order valence-electron chi connectivity index (χ1n) is 6.99. The molecule has 1 aliphatic rings. The fourth-order valence-electron chi connectivity index (χ4n) is 2.38. The van der Waals surface area contributed by atoms with Crippen LogP contribution >= 0.6 is 0 Å². The molecule has 5 heteroatoms. The van der Waals surface area contributed by atoms with Crippen molar-refractivity contribution < 1.29 is 8.42 Å². The molecule has 21 heavy (non-hydrogen) atoms. The molecule has 3 rings (SSSR count). The van der Waals surface area contributed by atoms with Crippen LogP contribution in [0.1, 0.15) is 18.4 Å². The molecule has 0 heterocycles. The molecule has 1 fully saturated rings. The van der Waals surface area contributed by atoms with Gasteiger partial charge < -0.3 is 5.73 Å². The lowest BCUT2D eigenvalue weighted by molar-refractivity contribution is 0.399. The highest BCUT2D eigenvalue weighted by Crippen LogP contribution is 2.34. The second kappa shape index (κ2) is 5.50. The Bertz CT molecular complexity index is 725. The van der Waals surface area contributed by atoms with Crippen LogP contribution in [0.3, 0.4) is 0 Å². The molecule has 110 valence electrons. The zero-order chi connectivity index (χ0) is 14.9. The van der Waals surface area contributed by atoms with Crippen molar-refractivity contribution in [1.82, 2.24) is 4.31 Å². The summed E-state index contributed by atoms with van der Waals surface area (Å²) in [5.74, 6) is 0. The molecule has 0 aromatic heterocycles. The fourth-order valence-corrected chi connectivity index (χ4v) is 4.17. The van der Waals surface area contributed by atoms with Gasteiger partial charge in [0.2, 0.25) is 10.0 Å². The molecule has 0 spiro atoms. The van der Waals surface area contributed by atoms with Gasteiger partial charge in [0.05, 0.1) is 5.69 Å². The lowest BCUT2D eigenvalue weighted by atomic mass is 10.2. The Morgan fingerprint density at radius 2 is 1.62 bits per heavy atom. The highest BCUT2D eigenvalue weighted by atomic mass is 32.2. The smallest absolute Gasteiger partial charge is 0.245 e. The van der Waals surface area contributed by atoms with Gasteiger partial charge in [0, 0.05) is 12.6 Å². The minimum absolute atomic E-state index is 0.0924. The molecule has 0 aliphatic heterocycles. The number of rotatable bonds is 5. The highest BCUT2D eigenvalue weighted by molar-refractivity contribution is 7.89. The summed E-state index contributed by atoms with van der Waals surface area (Å²) in [6.45, 7) is 0.391. The molecule has 4 nitrogen and oxygen atoms in total. The van der Waals surface area contributed by atoms with Crippen LogP contribution in [-0.2, 0) is 16.6 Å². The summed E-state index contributed by atoms with van der Waals surface area (Å²) in [6.07, 6.45) is 1.83. The van der Waals surface area contributed by atoms with E-state index in [9.17, 15) is 8.42 Å². The van der Waals surface area contributed by atoms with Crippen molar-refractivity contribution in [3.05, 3.63) is 60.2 Å². The van der Waals surface area contributed by atoms with E-state index in [1.807, 2.05) is 30.3 Å². The quantitative estimate of drug-likeness (QED) is 0.864. The molecular formula is C16H18N2O2S. The third-order valence-corrected chi connectivity index (χ3v) is 5.61. The zero-order valence-electron chi connectivity index (χ0n) is 11.6. The predicted molar refractivity (Wildman–Crippen MR) is 83.0 cm³/mol. The van der Waals surface area contributed by atoms with E-state index in [1.165, 1.54) is 0 Å². The number of anilines is 1. The van der Waals surface area contributed by atoms with Crippen LogP contribution in [0.2, 0.25) is 0 Å². The van der Waals surface area contributed by atoms with Gasteiger partial charge >= 0.3 is 0 Å². The Hall–Kier alpha value is -1.85. The number of hydrogen-bond acceptors (Lipinski definition) is 3. The maximum absolute atomic E-state index is 12.9. The average molecular weight is 302 g/mol. The first-order valence-corrected chi connectivity index (χ1v) is 8.43. The molecule has 0 radical (unpaired) electrons. The number of para-hydroxylation sites is 1. The molecule has 0 saturated heterocycles. The van der Waals surface area contributed by atoms with Crippen LogP contribution in [0.4, 0.5) is 5.69 Å². The minimum Gasteiger partial charge on any atom is -0.398 e. The van der Waals surface area contributed by atoms with Gasteiger partial charge in [-0.2, -0.15) is 4.31 Å². The largest absolute Gasteiger partial charge is 0.398 e. The van der Waals surface area contributed by atoms with Gasteiger partial charge in [0.25, 0.3) is 0 Å². The van der Waals surface area contributed by atoms with Crippen LogP contribution in [0.5, 0.6) is 0 Å². The molecule has 2 N–H and O–H groups in total. The van der Waals surface area contributed by atoms with Crippen LogP contribution in [0.15, 0.2) is 59.5 Å². The van der Waals surface area contributed by atoms with Gasteiger partial charge in [-0.15, -0.1) is 0 Å². The van der Waals surface area contributed by atoms with E-state index >= 15 is 0 Å². The molecule has 0 unspecified atom stereocenters. The molecule has 0 amide bonds. The van der Waals surface area contributed by atoms with Gasteiger partial charge in [0.15, 0.2) is 0 Å². The van der Waals surface area contributed by atoms with Crippen LogP contribution < -0.4 is 5.73 Å². The second-order valence-corrected chi connectivity index (χ2v) is 7.16. The van der Waals surface area contributed by atoms with E-state index in [0.717, 1.165) is 18.4 Å². The van der Waals surface area contributed by atoms with E-state index in [2.05, 4.69) is 0 Å².